The summed E-state index contributed by atoms with van der Waals surface area (Å²) in [6.45, 7) is 5.66. The van der Waals surface area contributed by atoms with Gasteiger partial charge in [0.25, 0.3) is 0 Å². The van der Waals surface area contributed by atoms with Gasteiger partial charge in [-0.05, 0) is 37.8 Å². The van der Waals surface area contributed by atoms with Gasteiger partial charge in [0.2, 0.25) is 15.9 Å². The van der Waals surface area contributed by atoms with Gasteiger partial charge in [0.1, 0.15) is 10.6 Å². The fourth-order valence-corrected chi connectivity index (χ4v) is 4.60. The van der Waals surface area contributed by atoms with Crippen molar-refractivity contribution in [2.45, 2.75) is 38.6 Å². The van der Waals surface area contributed by atoms with Gasteiger partial charge < -0.3 is 9.42 Å². The van der Waals surface area contributed by atoms with Crippen molar-refractivity contribution in [3.63, 3.8) is 0 Å². The van der Waals surface area contributed by atoms with E-state index in [1.165, 1.54) is 6.92 Å². The Kier molecular flexibility index (Phi) is 5.79. The third kappa shape index (κ3) is 4.22. The van der Waals surface area contributed by atoms with Gasteiger partial charge >= 0.3 is 0 Å². The van der Waals surface area contributed by atoms with E-state index < -0.39 is 10.0 Å². The van der Waals surface area contributed by atoms with Gasteiger partial charge in [-0.3, -0.25) is 4.79 Å². The van der Waals surface area contributed by atoms with Crippen molar-refractivity contribution in [2.24, 2.45) is 0 Å². The van der Waals surface area contributed by atoms with Crippen LogP contribution in [0, 0.1) is 20.8 Å². The molecule has 0 aromatic carbocycles. The highest BCUT2D eigenvalue weighted by molar-refractivity contribution is 7.89. The highest BCUT2D eigenvalue weighted by Gasteiger charge is 2.24. The van der Waals surface area contributed by atoms with Gasteiger partial charge in [-0.25, -0.2) is 13.1 Å². The van der Waals surface area contributed by atoms with Gasteiger partial charge in [0, 0.05) is 24.9 Å². The molecule has 0 aliphatic rings. The normalized spacial score (nSPS) is 11.7. The van der Waals surface area contributed by atoms with E-state index in [4.69, 9.17) is 4.52 Å². The molecule has 7 nitrogen and oxygen atoms in total. The first kappa shape index (κ1) is 18.6. The Morgan fingerprint density at radius 1 is 1.38 bits per heavy atom. The molecule has 2 rings (SSSR count). The summed E-state index contributed by atoms with van der Waals surface area (Å²) in [5, 5.41) is 5.62. The molecule has 0 saturated heterocycles. The van der Waals surface area contributed by atoms with Crippen LogP contribution in [0.15, 0.2) is 20.9 Å². The molecule has 2 heterocycles. The van der Waals surface area contributed by atoms with Crippen LogP contribution < -0.4 is 4.72 Å². The summed E-state index contributed by atoms with van der Waals surface area (Å²) >= 11 is 1.60. The second-order valence-electron chi connectivity index (χ2n) is 5.58. The average molecular weight is 371 g/mol. The molecule has 0 radical (unpaired) electrons. The Hall–Kier alpha value is -1.71. The summed E-state index contributed by atoms with van der Waals surface area (Å²) in [4.78, 5) is 14.9. The number of thiophene rings is 1. The van der Waals surface area contributed by atoms with Gasteiger partial charge in [0.05, 0.1) is 6.54 Å². The lowest BCUT2D eigenvalue weighted by Crippen LogP contribution is -2.32. The zero-order valence-electron chi connectivity index (χ0n) is 14.1. The van der Waals surface area contributed by atoms with E-state index in [0.29, 0.717) is 12.2 Å². The SMILES string of the molecule is Cc1ccsc1CN(C)C(=O)CCNS(=O)(=O)c1c(C)noc1C. The summed E-state index contributed by atoms with van der Waals surface area (Å²) in [6.07, 6.45) is 0.0868. The summed E-state index contributed by atoms with van der Waals surface area (Å²) in [5.41, 5.74) is 1.45. The van der Waals surface area contributed by atoms with Crippen LogP contribution in [0.2, 0.25) is 0 Å². The van der Waals surface area contributed by atoms with E-state index in [2.05, 4.69) is 9.88 Å². The molecular weight excluding hydrogens is 350 g/mol. The number of hydrogen-bond donors (Lipinski definition) is 1. The van der Waals surface area contributed by atoms with Crippen LogP contribution in [-0.2, 0) is 21.4 Å². The minimum Gasteiger partial charge on any atom is -0.360 e. The van der Waals surface area contributed by atoms with E-state index >= 15 is 0 Å². The largest absolute Gasteiger partial charge is 0.360 e. The number of aromatic nitrogens is 1. The van der Waals surface area contributed by atoms with Crippen LogP contribution in [0.5, 0.6) is 0 Å². The molecule has 2 aromatic heterocycles. The fourth-order valence-electron chi connectivity index (χ4n) is 2.28. The number of hydrogen-bond acceptors (Lipinski definition) is 6. The Morgan fingerprint density at radius 3 is 2.62 bits per heavy atom. The molecule has 1 N–H and O–H groups in total. The summed E-state index contributed by atoms with van der Waals surface area (Å²) < 4.78 is 31.8. The van der Waals surface area contributed by atoms with Crippen LogP contribution in [-0.4, -0.2) is 38.0 Å². The Labute approximate surface area is 145 Å². The molecule has 0 unspecified atom stereocenters. The first-order chi connectivity index (χ1) is 11.2. The lowest BCUT2D eigenvalue weighted by Gasteiger charge is -2.17. The number of carbonyl (C=O) groups excluding carboxylic acids is 1. The molecule has 9 heteroatoms. The Bertz CT molecular complexity index is 804. The third-order valence-corrected chi connectivity index (χ3v) is 6.35. The van der Waals surface area contributed by atoms with Crippen LogP contribution in [0.4, 0.5) is 0 Å². The number of aryl methyl sites for hydroxylation is 3. The van der Waals surface area contributed by atoms with Crippen molar-refractivity contribution in [3.8, 4) is 0 Å². The molecule has 0 bridgehead atoms. The number of amides is 1. The summed E-state index contributed by atoms with van der Waals surface area (Å²) in [7, 11) is -2.02. The predicted molar refractivity (Wildman–Crippen MR) is 91.3 cm³/mol. The molecule has 0 spiro atoms. The van der Waals surface area contributed by atoms with Crippen molar-refractivity contribution >= 4 is 27.3 Å². The molecule has 1 amide bonds. The Morgan fingerprint density at radius 2 is 2.08 bits per heavy atom. The quantitative estimate of drug-likeness (QED) is 0.803. The maximum Gasteiger partial charge on any atom is 0.245 e. The predicted octanol–water partition coefficient (Wildman–Crippen LogP) is 1.99. The maximum atomic E-state index is 12.3. The number of sulfonamides is 1. The average Bonchev–Trinajstić information content (AvgIpc) is 3.05. The number of carbonyl (C=O) groups is 1. The number of nitrogens with zero attached hydrogens (tertiary/aromatic N) is 2. The van der Waals surface area contributed by atoms with Crippen molar-refractivity contribution in [2.75, 3.05) is 13.6 Å². The highest BCUT2D eigenvalue weighted by atomic mass is 32.2. The molecule has 0 saturated carbocycles. The van der Waals surface area contributed by atoms with E-state index in [9.17, 15) is 13.2 Å². The van der Waals surface area contributed by atoms with Crippen molar-refractivity contribution in [3.05, 3.63) is 33.3 Å². The number of nitrogens with one attached hydrogen (secondary N) is 1. The fraction of sp³-hybridized carbons (Fsp3) is 0.467. The van der Waals surface area contributed by atoms with Crippen molar-refractivity contribution in [1.29, 1.82) is 0 Å². The highest BCUT2D eigenvalue weighted by Crippen LogP contribution is 2.19. The summed E-state index contributed by atoms with van der Waals surface area (Å²) in [6, 6.07) is 2.01. The maximum absolute atomic E-state index is 12.3. The zero-order valence-corrected chi connectivity index (χ0v) is 15.8. The van der Waals surface area contributed by atoms with Crippen LogP contribution >= 0.6 is 11.3 Å². The first-order valence-corrected chi connectivity index (χ1v) is 9.78. The standard InChI is InChI=1S/C15H21N3O4S2/c1-10-6-8-23-13(10)9-18(4)14(19)5-7-16-24(20,21)15-11(2)17-22-12(15)3/h6,8,16H,5,7,9H2,1-4H3. The van der Waals surface area contributed by atoms with Gasteiger partial charge in [0.15, 0.2) is 5.76 Å². The topological polar surface area (TPSA) is 92.5 Å². The van der Waals surface area contributed by atoms with Crippen LogP contribution in [0.25, 0.3) is 0 Å². The molecular formula is C15H21N3O4S2. The van der Waals surface area contributed by atoms with Crippen LogP contribution in [0.1, 0.15) is 28.3 Å². The van der Waals surface area contributed by atoms with Gasteiger partial charge in [-0.15, -0.1) is 11.3 Å². The first-order valence-electron chi connectivity index (χ1n) is 7.42. The Balaban J connectivity index is 1.89. The molecule has 0 fully saturated rings. The van der Waals surface area contributed by atoms with Gasteiger partial charge in [-0.2, -0.15) is 0 Å². The van der Waals surface area contributed by atoms with E-state index in [1.54, 1.807) is 30.2 Å². The minimum atomic E-state index is -3.73. The van der Waals surface area contributed by atoms with E-state index in [0.717, 1.165) is 10.4 Å². The van der Waals surface area contributed by atoms with Crippen LogP contribution in [0.3, 0.4) is 0 Å². The molecule has 0 atom stereocenters. The molecule has 132 valence electrons. The molecule has 0 aliphatic heterocycles. The van der Waals surface area contributed by atoms with Crippen molar-refractivity contribution in [1.82, 2.24) is 14.8 Å². The van der Waals surface area contributed by atoms with E-state index in [-0.39, 0.29) is 29.5 Å². The monoisotopic (exact) mass is 371 g/mol. The minimum absolute atomic E-state index is 0.0268. The molecule has 24 heavy (non-hydrogen) atoms. The van der Waals surface area contributed by atoms with Gasteiger partial charge in [-0.1, -0.05) is 5.16 Å². The molecule has 2 aromatic rings. The van der Waals surface area contributed by atoms with Crippen molar-refractivity contribution < 1.29 is 17.7 Å². The molecule has 0 aliphatic carbocycles. The number of rotatable bonds is 7. The second kappa shape index (κ2) is 7.45. The smallest absolute Gasteiger partial charge is 0.245 e. The summed E-state index contributed by atoms with van der Waals surface area (Å²) in [5.74, 6) is 0.112. The van der Waals surface area contributed by atoms with E-state index in [1.807, 2.05) is 18.4 Å². The third-order valence-electron chi connectivity index (χ3n) is 3.64. The lowest BCUT2D eigenvalue weighted by atomic mass is 10.2. The second-order valence-corrected chi connectivity index (χ2v) is 8.28. The lowest BCUT2D eigenvalue weighted by molar-refractivity contribution is -0.130. The zero-order chi connectivity index (χ0) is 17.9.